The van der Waals surface area contributed by atoms with Crippen molar-refractivity contribution in [1.29, 1.82) is 0 Å². The van der Waals surface area contributed by atoms with Crippen LogP contribution in [0.25, 0.3) is 0 Å². The molecule has 9 heteroatoms. The van der Waals surface area contributed by atoms with Gasteiger partial charge in [-0.25, -0.2) is 4.79 Å². The fourth-order valence-corrected chi connectivity index (χ4v) is 3.72. The number of benzene rings is 2. The molecule has 0 saturated carbocycles. The Balaban J connectivity index is 2.21. The lowest BCUT2D eigenvalue weighted by Gasteiger charge is -2.29. The van der Waals surface area contributed by atoms with E-state index in [9.17, 15) is 24.6 Å². The number of para-hydroxylation sites is 1. The van der Waals surface area contributed by atoms with Gasteiger partial charge in [0.2, 0.25) is 0 Å². The molecule has 0 heterocycles. The smallest absolute Gasteiger partial charge is 0.335 e. The van der Waals surface area contributed by atoms with Crippen LogP contribution in [0.1, 0.15) is 63.0 Å². The molecule has 0 atom stereocenters. The number of hydrogen-bond acceptors (Lipinski definition) is 8. The summed E-state index contributed by atoms with van der Waals surface area (Å²) >= 11 is 0. The maximum atomic E-state index is 12.7. The van der Waals surface area contributed by atoms with E-state index in [0.29, 0.717) is 31.7 Å². The molecule has 2 N–H and O–H groups in total. The van der Waals surface area contributed by atoms with E-state index < -0.39 is 23.1 Å². The van der Waals surface area contributed by atoms with Crippen LogP contribution in [0.4, 0.5) is 0 Å². The Kier molecular flexibility index (Phi) is 10.9. The zero-order valence-electron chi connectivity index (χ0n) is 23.2. The SMILES string of the molecule is CC(C)(C)OC(=O)CN(CCN(CC(=O)OC(C)(C)C)Cc1ccccc1O)Cc1ccc(C(=O)O)cc1. The van der Waals surface area contributed by atoms with Crippen molar-refractivity contribution in [2.24, 2.45) is 0 Å². The molecule has 9 nitrogen and oxygen atoms in total. The third-order valence-corrected chi connectivity index (χ3v) is 5.27. The zero-order valence-corrected chi connectivity index (χ0v) is 23.2. The maximum absolute atomic E-state index is 12.7. The Labute approximate surface area is 225 Å². The Morgan fingerprint density at radius 3 is 1.66 bits per heavy atom. The van der Waals surface area contributed by atoms with E-state index >= 15 is 0 Å². The van der Waals surface area contributed by atoms with E-state index in [1.807, 2.05) is 15.9 Å². The molecule has 0 bridgehead atoms. The number of carbonyl (C=O) groups excluding carboxylic acids is 2. The average molecular weight is 529 g/mol. The largest absolute Gasteiger partial charge is 0.508 e. The third-order valence-electron chi connectivity index (χ3n) is 5.27. The molecule has 0 spiro atoms. The molecule has 0 aromatic heterocycles. The molecule has 0 aliphatic heterocycles. The predicted molar refractivity (Wildman–Crippen MR) is 144 cm³/mol. The number of carbonyl (C=O) groups is 3. The van der Waals surface area contributed by atoms with Gasteiger partial charge in [0.25, 0.3) is 0 Å². The minimum absolute atomic E-state index is 0.000803. The van der Waals surface area contributed by atoms with E-state index in [1.165, 1.54) is 12.1 Å². The third kappa shape index (κ3) is 11.7. The second kappa shape index (κ2) is 13.4. The maximum Gasteiger partial charge on any atom is 0.335 e. The first kappa shape index (κ1) is 30.8. The molecule has 0 unspecified atom stereocenters. The van der Waals surface area contributed by atoms with E-state index in [-0.39, 0.29) is 30.4 Å². The van der Waals surface area contributed by atoms with Crippen LogP contribution in [0, 0.1) is 0 Å². The highest BCUT2D eigenvalue weighted by Gasteiger charge is 2.23. The second-order valence-corrected chi connectivity index (χ2v) is 11.2. The minimum Gasteiger partial charge on any atom is -0.508 e. The first-order valence-electron chi connectivity index (χ1n) is 12.6. The van der Waals surface area contributed by atoms with Crippen molar-refractivity contribution >= 4 is 17.9 Å². The molecule has 0 aliphatic carbocycles. The Morgan fingerprint density at radius 1 is 0.737 bits per heavy atom. The molecule has 0 saturated heterocycles. The van der Waals surface area contributed by atoms with Crippen LogP contribution in [-0.2, 0) is 32.2 Å². The molecule has 0 amide bonds. The fourth-order valence-electron chi connectivity index (χ4n) is 3.72. The number of esters is 2. The Bertz CT molecular complexity index is 1090. The molecular weight excluding hydrogens is 488 g/mol. The number of ether oxygens (including phenoxy) is 2. The number of nitrogens with zero attached hydrogens (tertiary/aromatic N) is 2. The van der Waals surface area contributed by atoms with E-state index in [4.69, 9.17) is 9.47 Å². The number of hydrogen-bond donors (Lipinski definition) is 2. The highest BCUT2D eigenvalue weighted by atomic mass is 16.6. The number of carboxylic acid groups (broad SMARTS) is 1. The van der Waals surface area contributed by atoms with Crippen molar-refractivity contribution in [1.82, 2.24) is 9.80 Å². The minimum atomic E-state index is -1.01. The molecule has 0 fully saturated rings. The second-order valence-electron chi connectivity index (χ2n) is 11.2. The number of phenolic OH excluding ortho intramolecular Hbond substituents is 1. The molecule has 0 radical (unpaired) electrons. The quantitative estimate of drug-likeness (QED) is 0.393. The number of carboxylic acids is 1. The fraction of sp³-hybridized carbons (Fsp3) is 0.483. The van der Waals surface area contributed by atoms with E-state index in [1.54, 1.807) is 71.9 Å². The van der Waals surface area contributed by atoms with Gasteiger partial charge in [-0.2, -0.15) is 0 Å². The summed E-state index contributed by atoms with van der Waals surface area (Å²) < 4.78 is 11.0. The van der Waals surface area contributed by atoms with Gasteiger partial charge in [-0.15, -0.1) is 0 Å². The first-order valence-corrected chi connectivity index (χ1v) is 12.6. The molecule has 208 valence electrons. The summed E-state index contributed by atoms with van der Waals surface area (Å²) in [6.45, 7) is 12.3. The Morgan fingerprint density at radius 2 is 1.21 bits per heavy atom. The van der Waals surface area contributed by atoms with Gasteiger partial charge >= 0.3 is 17.9 Å². The highest BCUT2D eigenvalue weighted by Crippen LogP contribution is 2.19. The van der Waals surface area contributed by atoms with E-state index in [2.05, 4.69) is 0 Å². The predicted octanol–water partition coefficient (Wildman–Crippen LogP) is 4.08. The lowest BCUT2D eigenvalue weighted by Crippen LogP contribution is -2.41. The summed E-state index contributed by atoms with van der Waals surface area (Å²) in [7, 11) is 0. The van der Waals surface area contributed by atoms with Gasteiger partial charge in [-0.3, -0.25) is 19.4 Å². The summed E-state index contributed by atoms with van der Waals surface area (Å²) in [5, 5.41) is 19.5. The van der Waals surface area contributed by atoms with Crippen molar-refractivity contribution in [2.45, 2.75) is 65.8 Å². The van der Waals surface area contributed by atoms with Crippen molar-refractivity contribution in [2.75, 3.05) is 26.2 Å². The highest BCUT2D eigenvalue weighted by molar-refractivity contribution is 5.87. The number of phenols is 1. The summed E-state index contributed by atoms with van der Waals surface area (Å²) in [6.07, 6.45) is 0. The van der Waals surface area contributed by atoms with Gasteiger partial charge in [0, 0.05) is 31.7 Å². The van der Waals surface area contributed by atoms with E-state index in [0.717, 1.165) is 5.56 Å². The van der Waals surface area contributed by atoms with Crippen LogP contribution in [0.5, 0.6) is 5.75 Å². The van der Waals surface area contributed by atoms with Crippen LogP contribution in [0.2, 0.25) is 0 Å². The van der Waals surface area contributed by atoms with Gasteiger partial charge in [0.05, 0.1) is 18.7 Å². The first-order chi connectivity index (χ1) is 17.6. The lowest BCUT2D eigenvalue weighted by atomic mass is 10.1. The van der Waals surface area contributed by atoms with Gasteiger partial charge in [0.15, 0.2) is 0 Å². The Hall–Kier alpha value is -3.43. The van der Waals surface area contributed by atoms with Crippen molar-refractivity contribution < 1.29 is 34.1 Å². The van der Waals surface area contributed by atoms with Gasteiger partial charge in [-0.05, 0) is 65.3 Å². The van der Waals surface area contributed by atoms with Gasteiger partial charge in [-0.1, -0.05) is 30.3 Å². The normalized spacial score (nSPS) is 12.0. The summed E-state index contributed by atoms with van der Waals surface area (Å²) in [5.74, 6) is -1.66. The molecule has 2 aromatic carbocycles. The molecule has 0 aliphatic rings. The van der Waals surface area contributed by atoms with Gasteiger partial charge in [0.1, 0.15) is 17.0 Å². The average Bonchev–Trinajstić information content (AvgIpc) is 2.76. The topological polar surface area (TPSA) is 117 Å². The van der Waals surface area contributed by atoms with Crippen molar-refractivity contribution in [3.8, 4) is 5.75 Å². The monoisotopic (exact) mass is 528 g/mol. The van der Waals surface area contributed by atoms with Crippen molar-refractivity contribution in [3.63, 3.8) is 0 Å². The lowest BCUT2D eigenvalue weighted by molar-refractivity contribution is -0.158. The van der Waals surface area contributed by atoms with Crippen LogP contribution < -0.4 is 0 Å². The van der Waals surface area contributed by atoms with Crippen LogP contribution in [0.15, 0.2) is 48.5 Å². The molecule has 2 aromatic rings. The number of aromatic hydroxyl groups is 1. The van der Waals surface area contributed by atoms with Crippen LogP contribution >= 0.6 is 0 Å². The molecule has 2 rings (SSSR count). The summed E-state index contributed by atoms with van der Waals surface area (Å²) in [5.41, 5.74) is 0.401. The number of aromatic carboxylic acids is 1. The summed E-state index contributed by atoms with van der Waals surface area (Å²) in [6, 6.07) is 13.4. The zero-order chi connectivity index (χ0) is 28.5. The van der Waals surface area contributed by atoms with Crippen molar-refractivity contribution in [3.05, 3.63) is 65.2 Å². The molecule has 38 heavy (non-hydrogen) atoms. The van der Waals surface area contributed by atoms with Crippen LogP contribution in [-0.4, -0.2) is 75.3 Å². The van der Waals surface area contributed by atoms with Gasteiger partial charge < -0.3 is 19.7 Å². The standard InChI is InChI=1S/C29H40N2O7/c1-28(2,3)37-25(33)19-30(17-21-11-13-22(14-12-21)27(35)36)15-16-31(20-26(34)38-29(4,5)6)18-23-9-7-8-10-24(23)32/h7-14,32H,15-20H2,1-6H3,(H,35,36). The number of rotatable bonds is 12. The summed E-state index contributed by atoms with van der Waals surface area (Å²) in [4.78, 5) is 40.2. The van der Waals surface area contributed by atoms with Crippen LogP contribution in [0.3, 0.4) is 0 Å². The molecular formula is C29H40N2O7.